The van der Waals surface area contributed by atoms with Crippen LogP contribution in [0.3, 0.4) is 0 Å². The van der Waals surface area contributed by atoms with Crippen LogP contribution in [-0.4, -0.2) is 28.6 Å². The van der Waals surface area contributed by atoms with Crippen LogP contribution < -0.4 is 4.72 Å². The summed E-state index contributed by atoms with van der Waals surface area (Å²) in [4.78, 5) is 12.3. The fourth-order valence-corrected chi connectivity index (χ4v) is 3.75. The van der Waals surface area contributed by atoms with Gasteiger partial charge in [-0.15, -0.1) is 0 Å². The highest BCUT2D eigenvalue weighted by Gasteiger charge is 2.22. The van der Waals surface area contributed by atoms with E-state index in [2.05, 4.69) is 4.72 Å². The number of benzene rings is 2. The van der Waals surface area contributed by atoms with Crippen LogP contribution in [0, 0.1) is 6.92 Å². The third kappa shape index (κ3) is 3.81. The molecule has 1 aromatic heterocycles. The van der Waals surface area contributed by atoms with Gasteiger partial charge in [0, 0.05) is 18.2 Å². The quantitative estimate of drug-likeness (QED) is 0.649. The van der Waals surface area contributed by atoms with E-state index in [9.17, 15) is 13.2 Å². The Morgan fingerprint density at radius 1 is 1.11 bits per heavy atom. The van der Waals surface area contributed by atoms with Gasteiger partial charge in [-0.05, 0) is 37.3 Å². The molecule has 1 N–H and O–H groups in total. The van der Waals surface area contributed by atoms with Gasteiger partial charge in [-0.2, -0.15) is 0 Å². The second kappa shape index (κ2) is 7.42. The molecule has 0 radical (unpaired) electrons. The summed E-state index contributed by atoms with van der Waals surface area (Å²) in [6.45, 7) is 1.96. The summed E-state index contributed by atoms with van der Waals surface area (Å²) in [7, 11) is -1.02. The smallest absolute Gasteiger partial charge is 0.342 e. The molecule has 3 rings (SSSR count). The number of anilines is 1. The highest BCUT2D eigenvalue weighted by molar-refractivity contribution is 7.92. The maximum absolute atomic E-state index is 12.6. The molecule has 0 aliphatic heterocycles. The molecule has 0 unspecified atom stereocenters. The highest BCUT2D eigenvalue weighted by atomic mass is 32.2. The number of carbonyl (C=O) groups is 1. The first-order valence-electron chi connectivity index (χ1n) is 8.08. The van der Waals surface area contributed by atoms with E-state index in [-0.39, 0.29) is 17.1 Å². The highest BCUT2D eigenvalue weighted by Crippen LogP contribution is 2.30. The molecule has 0 saturated carbocycles. The maximum atomic E-state index is 12.6. The molecule has 0 spiro atoms. The SMILES string of the molecule is COCc1oc2ccc(NS(=O)(=O)c3ccc(C)cc3)cc2c1C(=O)OC. The zero-order valence-electron chi connectivity index (χ0n) is 15.1. The standard InChI is InChI=1S/C19H19NO6S/c1-12-4-7-14(8-5-12)27(22,23)20-13-6-9-16-15(10-13)18(19(21)25-3)17(26-16)11-24-2/h4-10,20H,11H2,1-3H3. The van der Waals surface area contributed by atoms with Gasteiger partial charge in [-0.1, -0.05) is 17.7 Å². The van der Waals surface area contributed by atoms with E-state index in [1.165, 1.54) is 32.4 Å². The van der Waals surface area contributed by atoms with Gasteiger partial charge in [-0.25, -0.2) is 13.2 Å². The van der Waals surface area contributed by atoms with E-state index in [0.717, 1.165) is 5.56 Å². The van der Waals surface area contributed by atoms with Crippen molar-refractivity contribution in [2.24, 2.45) is 0 Å². The summed E-state index contributed by atoms with van der Waals surface area (Å²) < 4.78 is 43.2. The van der Waals surface area contributed by atoms with Crippen LogP contribution in [0.5, 0.6) is 0 Å². The van der Waals surface area contributed by atoms with Gasteiger partial charge in [0.2, 0.25) is 0 Å². The molecule has 0 saturated heterocycles. The zero-order chi connectivity index (χ0) is 19.6. The van der Waals surface area contributed by atoms with E-state index in [0.29, 0.717) is 22.4 Å². The average molecular weight is 389 g/mol. The first-order chi connectivity index (χ1) is 12.9. The summed E-state index contributed by atoms with van der Waals surface area (Å²) in [6.07, 6.45) is 0. The number of esters is 1. The molecule has 0 fully saturated rings. The maximum Gasteiger partial charge on any atom is 0.342 e. The Kier molecular flexibility index (Phi) is 5.20. The number of sulfonamides is 1. The number of rotatable bonds is 6. The van der Waals surface area contributed by atoms with Gasteiger partial charge in [0.1, 0.15) is 23.5 Å². The molecule has 0 amide bonds. The zero-order valence-corrected chi connectivity index (χ0v) is 15.9. The van der Waals surface area contributed by atoms with Crippen LogP contribution in [0.15, 0.2) is 51.8 Å². The molecule has 7 nitrogen and oxygen atoms in total. The Balaban J connectivity index is 2.03. The van der Waals surface area contributed by atoms with Crippen LogP contribution in [0.2, 0.25) is 0 Å². The lowest BCUT2D eigenvalue weighted by Gasteiger charge is -2.08. The first kappa shape index (κ1) is 18.9. The molecule has 0 bridgehead atoms. The van der Waals surface area contributed by atoms with Crippen molar-refractivity contribution >= 4 is 32.6 Å². The molecule has 142 valence electrons. The van der Waals surface area contributed by atoms with Gasteiger partial charge < -0.3 is 13.9 Å². The van der Waals surface area contributed by atoms with Crippen molar-refractivity contribution in [3.63, 3.8) is 0 Å². The molecule has 2 aromatic carbocycles. The van der Waals surface area contributed by atoms with Gasteiger partial charge in [0.15, 0.2) is 0 Å². The van der Waals surface area contributed by atoms with E-state index in [4.69, 9.17) is 13.9 Å². The van der Waals surface area contributed by atoms with Crippen molar-refractivity contribution in [3.8, 4) is 0 Å². The summed E-state index contributed by atoms with van der Waals surface area (Å²) in [5.41, 5.74) is 1.91. The van der Waals surface area contributed by atoms with Crippen LogP contribution in [-0.2, 0) is 26.1 Å². The second-order valence-electron chi connectivity index (χ2n) is 5.95. The number of furan rings is 1. The van der Waals surface area contributed by atoms with Crippen LogP contribution >= 0.6 is 0 Å². The fraction of sp³-hybridized carbons (Fsp3) is 0.211. The van der Waals surface area contributed by atoms with Crippen LogP contribution in [0.4, 0.5) is 5.69 Å². The Bertz CT molecular complexity index is 1080. The molecule has 3 aromatic rings. The van der Waals surface area contributed by atoms with Crippen molar-refractivity contribution in [2.75, 3.05) is 18.9 Å². The predicted octanol–water partition coefficient (Wildman–Crippen LogP) is 3.48. The number of nitrogens with one attached hydrogen (secondary N) is 1. The second-order valence-corrected chi connectivity index (χ2v) is 7.64. The third-order valence-electron chi connectivity index (χ3n) is 4.01. The molecule has 0 atom stereocenters. The van der Waals surface area contributed by atoms with Crippen molar-refractivity contribution < 1.29 is 27.1 Å². The largest absolute Gasteiger partial charge is 0.465 e. The summed E-state index contributed by atoms with van der Waals surface area (Å²) in [5, 5.41) is 0.443. The van der Waals surface area contributed by atoms with Gasteiger partial charge in [-0.3, -0.25) is 4.72 Å². The van der Waals surface area contributed by atoms with E-state index in [1.54, 1.807) is 24.3 Å². The van der Waals surface area contributed by atoms with Crippen LogP contribution in [0.25, 0.3) is 11.0 Å². The average Bonchev–Trinajstić information content (AvgIpc) is 2.98. The summed E-state index contributed by atoms with van der Waals surface area (Å²) >= 11 is 0. The molecular formula is C19H19NO6S. The molecular weight excluding hydrogens is 370 g/mol. The van der Waals surface area contributed by atoms with Crippen molar-refractivity contribution in [3.05, 3.63) is 59.4 Å². The summed E-state index contributed by atoms with van der Waals surface area (Å²) in [6, 6.07) is 11.2. The number of aryl methyl sites for hydroxylation is 1. The molecule has 0 aliphatic rings. The number of ether oxygens (including phenoxy) is 2. The number of hydrogen-bond donors (Lipinski definition) is 1. The first-order valence-corrected chi connectivity index (χ1v) is 9.56. The van der Waals surface area contributed by atoms with Crippen LogP contribution in [0.1, 0.15) is 21.7 Å². The van der Waals surface area contributed by atoms with Crippen molar-refractivity contribution in [1.82, 2.24) is 0 Å². The molecule has 8 heteroatoms. The van der Waals surface area contributed by atoms with Gasteiger partial charge >= 0.3 is 5.97 Å². The van der Waals surface area contributed by atoms with Crippen molar-refractivity contribution in [1.29, 1.82) is 0 Å². The monoisotopic (exact) mass is 389 g/mol. The Morgan fingerprint density at radius 3 is 2.44 bits per heavy atom. The van der Waals surface area contributed by atoms with Gasteiger partial charge in [0.25, 0.3) is 10.0 Å². The van der Waals surface area contributed by atoms with E-state index in [1.807, 2.05) is 6.92 Å². The fourth-order valence-electron chi connectivity index (χ4n) is 2.70. The number of hydrogen-bond acceptors (Lipinski definition) is 6. The van der Waals surface area contributed by atoms with E-state index >= 15 is 0 Å². The Morgan fingerprint density at radius 2 is 1.81 bits per heavy atom. The number of carbonyl (C=O) groups excluding carboxylic acids is 1. The lowest BCUT2D eigenvalue weighted by atomic mass is 10.1. The predicted molar refractivity (Wildman–Crippen MR) is 100 cm³/mol. The lowest BCUT2D eigenvalue weighted by Crippen LogP contribution is -2.13. The molecule has 27 heavy (non-hydrogen) atoms. The number of methoxy groups -OCH3 is 2. The summed E-state index contributed by atoms with van der Waals surface area (Å²) in [5.74, 6) is -0.266. The van der Waals surface area contributed by atoms with Gasteiger partial charge in [0.05, 0.1) is 12.0 Å². The Hall–Kier alpha value is -2.84. The normalized spacial score (nSPS) is 11.5. The minimum Gasteiger partial charge on any atom is -0.465 e. The molecule has 1 heterocycles. The minimum atomic E-state index is -3.76. The minimum absolute atomic E-state index is 0.0868. The Labute approximate surface area is 156 Å². The topological polar surface area (TPSA) is 94.8 Å². The lowest BCUT2D eigenvalue weighted by molar-refractivity contribution is 0.0594. The van der Waals surface area contributed by atoms with E-state index < -0.39 is 16.0 Å². The van der Waals surface area contributed by atoms with Crippen molar-refractivity contribution in [2.45, 2.75) is 18.4 Å². The molecule has 0 aliphatic carbocycles. The number of fused-ring (bicyclic) bond motifs is 1. The third-order valence-corrected chi connectivity index (χ3v) is 5.41.